The Bertz CT molecular complexity index is 682. The lowest BCUT2D eigenvalue weighted by Crippen LogP contribution is -2.16. The first-order valence-electron chi connectivity index (χ1n) is 7.41. The monoisotopic (exact) mass is 296 g/mol. The zero-order chi connectivity index (χ0) is 16.1. The number of nitriles is 1. The Morgan fingerprint density at radius 3 is 2.55 bits per heavy atom. The Hall–Kier alpha value is -2.48. The van der Waals surface area contributed by atoms with Gasteiger partial charge < -0.3 is 4.57 Å². The molecule has 0 N–H and O–H groups in total. The van der Waals surface area contributed by atoms with Crippen LogP contribution in [0.25, 0.3) is 11.4 Å². The van der Waals surface area contributed by atoms with Gasteiger partial charge in [-0.1, -0.05) is 44.2 Å². The maximum Gasteiger partial charge on any atom is 0.164 e. The Balaban J connectivity index is 2.27. The van der Waals surface area contributed by atoms with Crippen molar-refractivity contribution in [2.45, 2.75) is 32.6 Å². The van der Waals surface area contributed by atoms with E-state index in [2.05, 4.69) is 30.1 Å². The molecule has 0 fully saturated rings. The largest absolute Gasteiger partial charge is 0.313 e. The second-order valence-electron chi connectivity index (χ2n) is 5.77. The molecule has 0 aliphatic carbocycles. The third kappa shape index (κ3) is 3.40. The van der Waals surface area contributed by atoms with E-state index >= 15 is 0 Å². The van der Waals surface area contributed by atoms with E-state index in [9.17, 15) is 10.1 Å². The number of ketones is 1. The van der Waals surface area contributed by atoms with Gasteiger partial charge in [0.15, 0.2) is 23.3 Å². The molecule has 5 heteroatoms. The van der Waals surface area contributed by atoms with Crippen LogP contribution in [0.2, 0.25) is 0 Å². The summed E-state index contributed by atoms with van der Waals surface area (Å²) in [6.45, 7) is 4.12. The van der Waals surface area contributed by atoms with Crippen molar-refractivity contribution in [3.63, 3.8) is 0 Å². The first-order chi connectivity index (χ1) is 10.5. The summed E-state index contributed by atoms with van der Waals surface area (Å²) in [4.78, 5) is 12.3. The Labute approximate surface area is 130 Å². The molecular formula is C17H20N4O. The van der Waals surface area contributed by atoms with Crippen molar-refractivity contribution in [1.29, 1.82) is 5.26 Å². The molecule has 1 aromatic carbocycles. The fraction of sp³-hybridized carbons (Fsp3) is 0.412. The minimum Gasteiger partial charge on any atom is -0.313 e. The van der Waals surface area contributed by atoms with Crippen LogP contribution >= 0.6 is 0 Å². The number of carbonyl (C=O) groups excluding carboxylic acids is 1. The van der Waals surface area contributed by atoms with Crippen molar-refractivity contribution in [2.24, 2.45) is 13.0 Å². The number of Topliss-reactive ketones (excluding diaryl/α,β-unsaturated/α-hetero) is 1. The minimum absolute atomic E-state index is 0.0914. The number of hydrogen-bond donors (Lipinski definition) is 0. The topological polar surface area (TPSA) is 71.6 Å². The maximum absolute atomic E-state index is 12.3. The molecule has 0 aliphatic rings. The van der Waals surface area contributed by atoms with Crippen molar-refractivity contribution in [1.82, 2.24) is 14.8 Å². The Morgan fingerprint density at radius 1 is 1.27 bits per heavy atom. The van der Waals surface area contributed by atoms with Crippen molar-refractivity contribution < 1.29 is 4.79 Å². The van der Waals surface area contributed by atoms with Gasteiger partial charge in [-0.2, -0.15) is 5.26 Å². The summed E-state index contributed by atoms with van der Waals surface area (Å²) in [5, 5.41) is 17.6. The predicted molar refractivity (Wildman–Crippen MR) is 83.9 cm³/mol. The summed E-state index contributed by atoms with van der Waals surface area (Å²) in [5.74, 6) is 0.560. The third-order valence-electron chi connectivity index (χ3n) is 3.62. The molecule has 0 unspecified atom stereocenters. The molecule has 0 bridgehead atoms. The molecule has 0 spiro atoms. The van der Waals surface area contributed by atoms with Gasteiger partial charge in [0.1, 0.15) is 0 Å². The minimum atomic E-state index is -0.853. The Morgan fingerprint density at radius 2 is 1.95 bits per heavy atom. The number of nitrogens with zero attached hydrogens (tertiary/aromatic N) is 4. The van der Waals surface area contributed by atoms with E-state index < -0.39 is 5.92 Å². The summed E-state index contributed by atoms with van der Waals surface area (Å²) in [6.07, 6.45) is 1.17. The van der Waals surface area contributed by atoms with E-state index in [1.807, 2.05) is 30.3 Å². The predicted octanol–water partition coefficient (Wildman–Crippen LogP) is 3.09. The smallest absolute Gasteiger partial charge is 0.164 e. The lowest BCUT2D eigenvalue weighted by atomic mass is 9.97. The molecule has 0 aliphatic heterocycles. The van der Waals surface area contributed by atoms with Crippen molar-refractivity contribution in [2.75, 3.05) is 0 Å². The van der Waals surface area contributed by atoms with Crippen LogP contribution in [0.15, 0.2) is 30.3 Å². The van der Waals surface area contributed by atoms with Gasteiger partial charge >= 0.3 is 0 Å². The highest BCUT2D eigenvalue weighted by Gasteiger charge is 2.26. The first-order valence-corrected chi connectivity index (χ1v) is 7.41. The van der Waals surface area contributed by atoms with Gasteiger partial charge in [-0.05, 0) is 12.3 Å². The van der Waals surface area contributed by atoms with Gasteiger partial charge in [-0.25, -0.2) is 0 Å². The van der Waals surface area contributed by atoms with E-state index in [1.54, 1.807) is 11.6 Å². The number of rotatable bonds is 6. The van der Waals surface area contributed by atoms with Crippen molar-refractivity contribution in [3.8, 4) is 17.5 Å². The average molecular weight is 296 g/mol. The van der Waals surface area contributed by atoms with Crippen LogP contribution in [-0.4, -0.2) is 20.5 Å². The quantitative estimate of drug-likeness (QED) is 0.821. The average Bonchev–Trinajstić information content (AvgIpc) is 2.89. The van der Waals surface area contributed by atoms with Crippen LogP contribution in [0.3, 0.4) is 0 Å². The molecule has 2 rings (SSSR count). The second-order valence-corrected chi connectivity index (χ2v) is 5.77. The SMILES string of the molecule is CC(C)CCC(=O)[C@H](C#N)c1nnc(-c2ccccc2)n1C. The van der Waals surface area contributed by atoms with Crippen LogP contribution in [0, 0.1) is 17.2 Å². The molecule has 0 radical (unpaired) electrons. The summed E-state index contributed by atoms with van der Waals surface area (Å²) < 4.78 is 1.73. The molecule has 1 aromatic heterocycles. The van der Waals surface area contributed by atoms with Crippen LogP contribution in [0.4, 0.5) is 0 Å². The standard InChI is InChI=1S/C17H20N4O/c1-12(2)9-10-15(22)14(11-18)17-20-19-16(21(17)3)13-7-5-4-6-8-13/h4-8,12,14H,9-10H2,1-3H3/t14-/m0/s1. The van der Waals surface area contributed by atoms with E-state index in [0.717, 1.165) is 12.0 Å². The van der Waals surface area contributed by atoms with Gasteiger partial charge in [0.05, 0.1) is 6.07 Å². The first kappa shape index (κ1) is 15.9. The van der Waals surface area contributed by atoms with Gasteiger partial charge in [0, 0.05) is 19.0 Å². The number of aromatic nitrogens is 3. The highest BCUT2D eigenvalue weighted by Crippen LogP contribution is 2.23. The highest BCUT2D eigenvalue weighted by atomic mass is 16.1. The lowest BCUT2D eigenvalue weighted by molar-refractivity contribution is -0.119. The number of hydrogen-bond acceptors (Lipinski definition) is 4. The summed E-state index contributed by atoms with van der Waals surface area (Å²) in [7, 11) is 1.79. The fourth-order valence-corrected chi connectivity index (χ4v) is 2.28. The number of benzene rings is 1. The summed E-state index contributed by atoms with van der Waals surface area (Å²) in [5.41, 5.74) is 0.912. The van der Waals surface area contributed by atoms with Crippen molar-refractivity contribution in [3.05, 3.63) is 36.2 Å². The zero-order valence-electron chi connectivity index (χ0n) is 13.2. The second kappa shape index (κ2) is 6.99. The van der Waals surface area contributed by atoms with Crippen molar-refractivity contribution >= 4 is 5.78 Å². The van der Waals surface area contributed by atoms with Gasteiger partial charge in [0.2, 0.25) is 0 Å². The lowest BCUT2D eigenvalue weighted by Gasteiger charge is -2.09. The molecule has 1 heterocycles. The summed E-state index contributed by atoms with van der Waals surface area (Å²) >= 11 is 0. The normalized spacial score (nSPS) is 12.1. The van der Waals surface area contributed by atoms with Gasteiger partial charge in [0.25, 0.3) is 0 Å². The Kier molecular flexibility index (Phi) is 5.05. The molecule has 5 nitrogen and oxygen atoms in total. The summed E-state index contributed by atoms with van der Waals surface area (Å²) in [6, 6.07) is 11.7. The molecule has 0 amide bonds. The molecule has 114 valence electrons. The van der Waals surface area contributed by atoms with Crippen LogP contribution < -0.4 is 0 Å². The zero-order valence-corrected chi connectivity index (χ0v) is 13.2. The van der Waals surface area contributed by atoms with E-state index in [1.165, 1.54) is 0 Å². The van der Waals surface area contributed by atoms with Gasteiger partial charge in [-0.15, -0.1) is 10.2 Å². The van der Waals surface area contributed by atoms with Gasteiger partial charge in [-0.3, -0.25) is 4.79 Å². The van der Waals surface area contributed by atoms with Crippen LogP contribution in [-0.2, 0) is 11.8 Å². The molecule has 1 atom stereocenters. The molecule has 0 saturated heterocycles. The van der Waals surface area contributed by atoms with Crippen LogP contribution in [0.1, 0.15) is 38.4 Å². The third-order valence-corrected chi connectivity index (χ3v) is 3.62. The molecule has 0 saturated carbocycles. The van der Waals surface area contributed by atoms with E-state index in [0.29, 0.717) is 24.0 Å². The maximum atomic E-state index is 12.3. The molecule has 22 heavy (non-hydrogen) atoms. The number of carbonyl (C=O) groups is 1. The molecular weight excluding hydrogens is 276 g/mol. The van der Waals surface area contributed by atoms with E-state index in [-0.39, 0.29) is 5.78 Å². The van der Waals surface area contributed by atoms with Crippen LogP contribution in [0.5, 0.6) is 0 Å². The van der Waals surface area contributed by atoms with E-state index in [4.69, 9.17) is 0 Å². The molecule has 2 aromatic rings. The fourth-order valence-electron chi connectivity index (χ4n) is 2.28. The highest BCUT2D eigenvalue weighted by molar-refractivity contribution is 5.87.